The lowest BCUT2D eigenvalue weighted by molar-refractivity contribution is -0.120. The maximum absolute atomic E-state index is 13.3. The number of nitrogens with zero attached hydrogens (tertiary/aromatic N) is 2. The van der Waals surface area contributed by atoms with Crippen LogP contribution in [0.3, 0.4) is 0 Å². The fraction of sp³-hybridized carbons (Fsp3) is 0.455. The number of halogens is 3. The Morgan fingerprint density at radius 1 is 1.10 bits per heavy atom. The molecule has 4 rings (SSSR count). The number of aliphatic hydroxyl groups is 1. The summed E-state index contributed by atoms with van der Waals surface area (Å²) in [6.45, 7) is 5.46. The maximum Gasteiger partial charge on any atom is 0.404 e. The number of piperazine rings is 1. The van der Waals surface area contributed by atoms with Gasteiger partial charge in [-0.3, -0.25) is 4.90 Å². The minimum atomic E-state index is -4.30. The van der Waals surface area contributed by atoms with Crippen LogP contribution in [0, 0.1) is 0 Å². The second-order valence-electron chi connectivity index (χ2n) is 7.54. The van der Waals surface area contributed by atoms with Crippen molar-refractivity contribution in [2.75, 3.05) is 45.9 Å². The van der Waals surface area contributed by atoms with Gasteiger partial charge in [-0.05, 0) is 24.1 Å². The van der Waals surface area contributed by atoms with Gasteiger partial charge in [0.1, 0.15) is 16.8 Å². The normalized spacial score (nSPS) is 24.0. The Kier molecular flexibility index (Phi) is 6.57. The number of alkyl halides is 3. The van der Waals surface area contributed by atoms with Gasteiger partial charge in [-0.1, -0.05) is 30.4 Å². The van der Waals surface area contributed by atoms with Gasteiger partial charge >= 0.3 is 6.18 Å². The van der Waals surface area contributed by atoms with Crippen LogP contribution in [0.25, 0.3) is 5.57 Å². The average molecular weight is 439 g/mol. The van der Waals surface area contributed by atoms with Gasteiger partial charge in [-0.15, -0.1) is 11.8 Å². The third-order valence-corrected chi connectivity index (χ3v) is 6.87. The lowest BCUT2D eigenvalue weighted by Gasteiger charge is -2.34. The summed E-state index contributed by atoms with van der Waals surface area (Å²) in [5.41, 5.74) is 1.67. The quantitative estimate of drug-likeness (QED) is 0.755. The number of aliphatic hydroxyl groups excluding tert-OH is 1. The van der Waals surface area contributed by atoms with Crippen LogP contribution in [0.5, 0.6) is 5.75 Å². The molecule has 30 heavy (non-hydrogen) atoms. The van der Waals surface area contributed by atoms with E-state index in [0.717, 1.165) is 62.0 Å². The first kappa shape index (κ1) is 21.5. The van der Waals surface area contributed by atoms with Crippen molar-refractivity contribution in [2.45, 2.75) is 17.8 Å². The topological polar surface area (TPSA) is 35.9 Å². The summed E-state index contributed by atoms with van der Waals surface area (Å²) >= 11 is 0.816. The molecule has 0 bridgehead atoms. The van der Waals surface area contributed by atoms with E-state index in [1.165, 1.54) is 12.2 Å². The number of fused-ring (bicyclic) bond motifs is 1. The van der Waals surface area contributed by atoms with Gasteiger partial charge in [0, 0.05) is 44.8 Å². The lowest BCUT2D eigenvalue weighted by atomic mass is 9.99. The van der Waals surface area contributed by atoms with Crippen LogP contribution in [0.4, 0.5) is 13.2 Å². The van der Waals surface area contributed by atoms with Gasteiger partial charge < -0.3 is 14.7 Å². The van der Waals surface area contributed by atoms with Crippen LogP contribution < -0.4 is 4.74 Å². The number of rotatable bonds is 5. The Morgan fingerprint density at radius 3 is 2.50 bits per heavy atom. The van der Waals surface area contributed by atoms with Crippen molar-refractivity contribution in [3.8, 4) is 5.75 Å². The largest absolute Gasteiger partial charge is 0.456 e. The molecule has 0 spiro atoms. The first-order chi connectivity index (χ1) is 14.5. The summed E-state index contributed by atoms with van der Waals surface area (Å²) in [6.07, 6.45) is 1.13. The molecule has 1 unspecified atom stereocenters. The summed E-state index contributed by atoms with van der Waals surface area (Å²) < 4.78 is 45.9. The molecule has 4 nitrogen and oxygen atoms in total. The smallest absolute Gasteiger partial charge is 0.404 e. The van der Waals surface area contributed by atoms with Crippen LogP contribution in [-0.2, 0) is 0 Å². The average Bonchev–Trinajstić information content (AvgIpc) is 2.73. The Bertz CT molecular complexity index is 858. The summed E-state index contributed by atoms with van der Waals surface area (Å²) in [7, 11) is 0. The molecule has 1 saturated heterocycles. The number of hydrogen-bond donors (Lipinski definition) is 1. The molecule has 0 radical (unpaired) electrons. The SMILES string of the molecule is OCCN1CCN(CCC=C2C3=C(C=CC(C(F)(F)F)S3)Oc3ccccc32)CC1. The fourth-order valence-electron chi connectivity index (χ4n) is 3.92. The zero-order valence-corrected chi connectivity index (χ0v) is 17.4. The Hall–Kier alpha value is -1.74. The van der Waals surface area contributed by atoms with E-state index in [9.17, 15) is 13.2 Å². The minimum Gasteiger partial charge on any atom is -0.456 e. The van der Waals surface area contributed by atoms with Gasteiger partial charge in [0.25, 0.3) is 0 Å². The number of β-amino-alcohol motifs (C(OH)–C–C–N with tert-alkyl or cyclic N) is 1. The van der Waals surface area contributed by atoms with Crippen molar-refractivity contribution in [3.05, 3.63) is 58.7 Å². The van der Waals surface area contributed by atoms with Crippen LogP contribution >= 0.6 is 11.8 Å². The highest BCUT2D eigenvalue weighted by Crippen LogP contribution is 2.50. The minimum absolute atomic E-state index is 0.177. The van der Waals surface area contributed by atoms with Gasteiger partial charge in [0.2, 0.25) is 0 Å². The summed E-state index contributed by atoms with van der Waals surface area (Å²) in [5, 5.41) is 7.50. The monoisotopic (exact) mass is 438 g/mol. The van der Waals surface area contributed by atoms with Gasteiger partial charge in [0.05, 0.1) is 11.5 Å². The molecule has 1 N–H and O–H groups in total. The molecule has 3 aliphatic heterocycles. The van der Waals surface area contributed by atoms with E-state index < -0.39 is 11.4 Å². The number of benzene rings is 1. The number of thioether (sulfide) groups is 1. The predicted octanol–water partition coefficient (Wildman–Crippen LogP) is 3.91. The van der Waals surface area contributed by atoms with Crippen molar-refractivity contribution in [1.29, 1.82) is 0 Å². The highest BCUT2D eigenvalue weighted by Gasteiger charge is 2.42. The summed E-state index contributed by atoms with van der Waals surface area (Å²) in [4.78, 5) is 5.16. The van der Waals surface area contributed by atoms with Gasteiger partial charge in [-0.25, -0.2) is 0 Å². The third kappa shape index (κ3) is 4.77. The van der Waals surface area contributed by atoms with Crippen LogP contribution in [-0.4, -0.2) is 72.2 Å². The van der Waals surface area contributed by atoms with Crippen LogP contribution in [0.15, 0.2) is 53.2 Å². The molecule has 1 fully saturated rings. The van der Waals surface area contributed by atoms with Crippen molar-refractivity contribution < 1.29 is 23.0 Å². The van der Waals surface area contributed by atoms with Crippen molar-refractivity contribution in [1.82, 2.24) is 9.80 Å². The molecule has 3 aliphatic rings. The summed E-state index contributed by atoms with van der Waals surface area (Å²) in [5.74, 6) is 1.17. The lowest BCUT2D eigenvalue weighted by Crippen LogP contribution is -2.47. The van der Waals surface area contributed by atoms with E-state index >= 15 is 0 Å². The third-order valence-electron chi connectivity index (χ3n) is 5.53. The van der Waals surface area contributed by atoms with E-state index in [1.54, 1.807) is 0 Å². The molecule has 8 heteroatoms. The predicted molar refractivity (Wildman–Crippen MR) is 113 cm³/mol. The Morgan fingerprint density at radius 2 is 1.80 bits per heavy atom. The number of hydrogen-bond acceptors (Lipinski definition) is 5. The second kappa shape index (κ2) is 9.18. The Balaban J connectivity index is 1.49. The molecule has 0 saturated carbocycles. The summed E-state index contributed by atoms with van der Waals surface area (Å²) in [6, 6.07) is 7.50. The van der Waals surface area contributed by atoms with Crippen molar-refractivity contribution in [2.24, 2.45) is 0 Å². The fourth-order valence-corrected chi connectivity index (χ4v) is 5.01. The van der Waals surface area contributed by atoms with E-state index in [4.69, 9.17) is 9.84 Å². The molecule has 0 aromatic heterocycles. The zero-order valence-electron chi connectivity index (χ0n) is 16.6. The molecular weight excluding hydrogens is 413 g/mol. The second-order valence-corrected chi connectivity index (χ2v) is 8.70. The van der Waals surface area contributed by atoms with Crippen molar-refractivity contribution >= 4 is 17.3 Å². The molecule has 1 aromatic carbocycles. The number of ether oxygens (including phenoxy) is 1. The first-order valence-electron chi connectivity index (χ1n) is 10.1. The maximum atomic E-state index is 13.3. The Labute approximate surface area is 178 Å². The number of allylic oxidation sites excluding steroid dienone is 2. The first-order valence-corrected chi connectivity index (χ1v) is 11.0. The van der Waals surface area contributed by atoms with E-state index in [0.29, 0.717) is 23.0 Å². The highest BCUT2D eigenvalue weighted by molar-refractivity contribution is 8.04. The van der Waals surface area contributed by atoms with E-state index in [1.807, 2.05) is 24.3 Å². The molecule has 3 heterocycles. The molecule has 0 amide bonds. The van der Waals surface area contributed by atoms with Gasteiger partial charge in [-0.2, -0.15) is 13.2 Å². The number of para-hydroxylation sites is 1. The molecule has 162 valence electrons. The van der Waals surface area contributed by atoms with Crippen LogP contribution in [0.1, 0.15) is 12.0 Å². The highest BCUT2D eigenvalue weighted by atomic mass is 32.2. The molecule has 1 atom stereocenters. The molecular formula is C22H25F3N2O2S. The molecule has 1 aromatic rings. The molecule has 0 aliphatic carbocycles. The van der Waals surface area contributed by atoms with Crippen LogP contribution in [0.2, 0.25) is 0 Å². The van der Waals surface area contributed by atoms with E-state index in [-0.39, 0.29) is 6.61 Å². The zero-order chi connectivity index (χ0) is 21.1. The van der Waals surface area contributed by atoms with Gasteiger partial charge in [0.15, 0.2) is 0 Å². The van der Waals surface area contributed by atoms with Crippen molar-refractivity contribution in [3.63, 3.8) is 0 Å². The van der Waals surface area contributed by atoms with E-state index in [2.05, 4.69) is 15.9 Å². The standard InChI is InChI=1S/C22H25F3N2O2S/c23-22(24,25)20-8-7-19-21(30-20)17(16-4-1-2-6-18(16)29-19)5-3-9-26-10-12-27(13-11-26)14-15-28/h1-2,4-8,20,28H,3,9-15H2.